The Labute approximate surface area is 116 Å². The molecule has 0 aliphatic heterocycles. The van der Waals surface area contributed by atoms with Gasteiger partial charge in [0.1, 0.15) is 0 Å². The molecule has 2 aromatic rings. The van der Waals surface area contributed by atoms with Gasteiger partial charge >= 0.3 is 5.97 Å². The normalized spacial score (nSPS) is 10.1. The number of hydrogen-bond acceptors (Lipinski definition) is 5. The number of carbonyl (C=O) groups excluding carboxylic acids is 1. The molecule has 5 nitrogen and oxygen atoms in total. The first-order valence-electron chi connectivity index (χ1n) is 5.14. The standard InChI is InChI=1S/C12H8BrFN2O3/c1-18-12(17)11-15-5-4-10(16-11)19-9-6-7(13)2-3-8(9)14/h2-6H,1H3. The SMILES string of the molecule is COC(=O)c1nccc(Oc2cc(Br)ccc2F)n1. The van der Waals surface area contributed by atoms with Gasteiger partial charge in [0.2, 0.25) is 11.7 Å². The third-order valence-corrected chi connectivity index (χ3v) is 2.60. The Morgan fingerprint density at radius 2 is 2.16 bits per heavy atom. The summed E-state index contributed by atoms with van der Waals surface area (Å²) < 4.78 is 23.9. The van der Waals surface area contributed by atoms with Gasteiger partial charge in [0, 0.05) is 16.7 Å². The molecule has 0 saturated heterocycles. The van der Waals surface area contributed by atoms with Crippen molar-refractivity contribution >= 4 is 21.9 Å². The minimum absolute atomic E-state index is 0.0103. The quantitative estimate of drug-likeness (QED) is 0.811. The largest absolute Gasteiger partial charge is 0.463 e. The molecule has 0 radical (unpaired) electrons. The molecule has 0 spiro atoms. The maximum absolute atomic E-state index is 13.5. The number of benzene rings is 1. The second-order valence-corrected chi connectivity index (χ2v) is 4.30. The lowest BCUT2D eigenvalue weighted by Gasteiger charge is -2.06. The van der Waals surface area contributed by atoms with Gasteiger partial charge in [-0.2, -0.15) is 4.98 Å². The molecule has 0 saturated carbocycles. The van der Waals surface area contributed by atoms with Crippen molar-refractivity contribution in [2.45, 2.75) is 0 Å². The van der Waals surface area contributed by atoms with E-state index >= 15 is 0 Å². The summed E-state index contributed by atoms with van der Waals surface area (Å²) in [6.45, 7) is 0. The zero-order valence-electron chi connectivity index (χ0n) is 9.76. The molecule has 2 rings (SSSR count). The molecule has 0 N–H and O–H groups in total. The highest BCUT2D eigenvalue weighted by Gasteiger charge is 2.12. The average Bonchev–Trinajstić information content (AvgIpc) is 2.42. The lowest BCUT2D eigenvalue weighted by molar-refractivity contribution is 0.0585. The molecule has 0 aliphatic carbocycles. The van der Waals surface area contributed by atoms with E-state index in [-0.39, 0.29) is 17.5 Å². The molecule has 98 valence electrons. The zero-order valence-corrected chi connectivity index (χ0v) is 11.3. The van der Waals surface area contributed by atoms with Crippen LogP contribution < -0.4 is 4.74 Å². The number of rotatable bonds is 3. The summed E-state index contributed by atoms with van der Waals surface area (Å²) in [5.41, 5.74) is 0. The number of ether oxygens (including phenoxy) is 2. The van der Waals surface area contributed by atoms with Crippen molar-refractivity contribution in [2.24, 2.45) is 0 Å². The van der Waals surface area contributed by atoms with Gasteiger partial charge in [-0.1, -0.05) is 15.9 Å². The summed E-state index contributed by atoms with van der Waals surface area (Å²) in [7, 11) is 1.22. The first-order valence-corrected chi connectivity index (χ1v) is 5.93. The number of hydrogen-bond donors (Lipinski definition) is 0. The third-order valence-electron chi connectivity index (χ3n) is 2.11. The highest BCUT2D eigenvalue weighted by atomic mass is 79.9. The molecule has 0 unspecified atom stereocenters. The summed E-state index contributed by atoms with van der Waals surface area (Å²) in [6, 6.07) is 5.66. The molecule has 0 aliphatic rings. The molecule has 1 aromatic carbocycles. The van der Waals surface area contributed by atoms with Gasteiger partial charge in [-0.05, 0) is 18.2 Å². The number of halogens is 2. The van der Waals surface area contributed by atoms with Crippen LogP contribution in [-0.2, 0) is 4.74 Å². The van der Waals surface area contributed by atoms with Crippen molar-refractivity contribution in [3.63, 3.8) is 0 Å². The molecule has 1 aromatic heterocycles. The first kappa shape index (κ1) is 13.4. The van der Waals surface area contributed by atoms with Gasteiger partial charge in [0.15, 0.2) is 11.6 Å². The topological polar surface area (TPSA) is 61.3 Å². The Balaban J connectivity index is 2.28. The maximum atomic E-state index is 13.5. The van der Waals surface area contributed by atoms with Crippen LogP contribution in [-0.4, -0.2) is 23.0 Å². The van der Waals surface area contributed by atoms with Gasteiger partial charge in [-0.15, -0.1) is 0 Å². The van der Waals surface area contributed by atoms with Crippen molar-refractivity contribution in [1.29, 1.82) is 0 Å². The predicted octanol–water partition coefficient (Wildman–Crippen LogP) is 2.96. The van der Waals surface area contributed by atoms with Crippen LogP contribution in [0.1, 0.15) is 10.6 Å². The molecule has 0 fully saturated rings. The number of carbonyl (C=O) groups is 1. The first-order chi connectivity index (χ1) is 9.10. The van der Waals surface area contributed by atoms with E-state index in [9.17, 15) is 9.18 Å². The van der Waals surface area contributed by atoms with Gasteiger partial charge in [-0.3, -0.25) is 0 Å². The molecule has 0 bridgehead atoms. The lowest BCUT2D eigenvalue weighted by atomic mass is 10.3. The van der Waals surface area contributed by atoms with Gasteiger partial charge in [-0.25, -0.2) is 14.2 Å². The second-order valence-electron chi connectivity index (χ2n) is 3.39. The second kappa shape index (κ2) is 5.75. The summed E-state index contributed by atoms with van der Waals surface area (Å²) in [6.07, 6.45) is 1.32. The van der Waals surface area contributed by atoms with Crippen LogP contribution in [0.3, 0.4) is 0 Å². The van der Waals surface area contributed by atoms with E-state index in [0.717, 1.165) is 0 Å². The fourth-order valence-corrected chi connectivity index (χ4v) is 1.60. The average molecular weight is 327 g/mol. The van der Waals surface area contributed by atoms with Crippen LogP contribution in [0.25, 0.3) is 0 Å². The van der Waals surface area contributed by atoms with Crippen LogP contribution >= 0.6 is 15.9 Å². The van der Waals surface area contributed by atoms with Gasteiger partial charge in [0.05, 0.1) is 7.11 Å². The van der Waals surface area contributed by atoms with E-state index in [0.29, 0.717) is 4.47 Å². The minimum atomic E-state index is -0.694. The number of methoxy groups -OCH3 is 1. The third kappa shape index (κ3) is 3.25. The van der Waals surface area contributed by atoms with E-state index in [4.69, 9.17) is 4.74 Å². The molecule has 7 heteroatoms. The molecule has 19 heavy (non-hydrogen) atoms. The Bertz CT molecular complexity index is 622. The Kier molecular flexibility index (Phi) is 4.06. The zero-order chi connectivity index (χ0) is 13.8. The highest BCUT2D eigenvalue weighted by molar-refractivity contribution is 9.10. The van der Waals surface area contributed by atoms with E-state index in [2.05, 4.69) is 30.6 Å². The monoisotopic (exact) mass is 326 g/mol. The van der Waals surface area contributed by atoms with E-state index in [1.807, 2.05) is 0 Å². The lowest BCUT2D eigenvalue weighted by Crippen LogP contribution is -2.07. The smallest absolute Gasteiger partial charge is 0.376 e. The molecule has 1 heterocycles. The Hall–Kier alpha value is -2.02. The maximum Gasteiger partial charge on any atom is 0.376 e. The molecule has 0 atom stereocenters. The van der Waals surface area contributed by atoms with Crippen LogP contribution in [0.15, 0.2) is 34.9 Å². The number of nitrogens with zero attached hydrogens (tertiary/aromatic N) is 2. The summed E-state index contributed by atoms with van der Waals surface area (Å²) in [4.78, 5) is 18.8. The predicted molar refractivity (Wildman–Crippen MR) is 67.5 cm³/mol. The van der Waals surface area contributed by atoms with Crippen LogP contribution in [0.4, 0.5) is 4.39 Å². The van der Waals surface area contributed by atoms with Crippen molar-refractivity contribution < 1.29 is 18.7 Å². The van der Waals surface area contributed by atoms with Crippen LogP contribution in [0.2, 0.25) is 0 Å². The minimum Gasteiger partial charge on any atom is -0.463 e. The molecular formula is C12H8BrFN2O3. The van der Waals surface area contributed by atoms with Gasteiger partial charge < -0.3 is 9.47 Å². The fourth-order valence-electron chi connectivity index (χ4n) is 1.26. The van der Waals surface area contributed by atoms with Crippen molar-refractivity contribution in [2.75, 3.05) is 7.11 Å². The molecular weight excluding hydrogens is 319 g/mol. The van der Waals surface area contributed by atoms with Gasteiger partial charge in [0.25, 0.3) is 0 Å². The van der Waals surface area contributed by atoms with Crippen molar-refractivity contribution in [1.82, 2.24) is 9.97 Å². The van der Waals surface area contributed by atoms with E-state index in [1.54, 1.807) is 6.07 Å². The van der Waals surface area contributed by atoms with Crippen LogP contribution in [0.5, 0.6) is 11.6 Å². The molecule has 0 amide bonds. The van der Waals surface area contributed by atoms with Crippen molar-refractivity contribution in [3.8, 4) is 11.6 Å². The summed E-state index contributed by atoms with van der Waals surface area (Å²) >= 11 is 3.21. The van der Waals surface area contributed by atoms with Crippen LogP contribution in [0, 0.1) is 5.82 Å². The Morgan fingerprint density at radius 3 is 2.89 bits per heavy atom. The Morgan fingerprint density at radius 1 is 1.37 bits per heavy atom. The number of aromatic nitrogens is 2. The highest BCUT2D eigenvalue weighted by Crippen LogP contribution is 2.26. The summed E-state index contributed by atoms with van der Waals surface area (Å²) in [5, 5.41) is 0. The number of esters is 1. The summed E-state index contributed by atoms with van der Waals surface area (Å²) in [5.74, 6) is -1.35. The van der Waals surface area contributed by atoms with E-state index < -0.39 is 11.8 Å². The van der Waals surface area contributed by atoms with Crippen molar-refractivity contribution in [3.05, 3.63) is 46.6 Å². The van der Waals surface area contributed by atoms with E-state index in [1.165, 1.54) is 31.5 Å². The fraction of sp³-hybridized carbons (Fsp3) is 0.0833.